The Balaban J connectivity index is 1.04. The molecule has 5 heteroatoms. The SMILES string of the molecule is c1ccc(-c2ccc3nc(-c4ccc(-c5cccc6c5-c5ccccc5C6(c5ccccc5)c5ccc6oc(-c7ccccc7)nc6c5)cc4)nn3c2)cc1. The molecule has 1 unspecified atom stereocenters. The number of oxazole rings is 1. The van der Waals surface area contributed by atoms with E-state index in [1.165, 1.54) is 33.4 Å². The van der Waals surface area contributed by atoms with Gasteiger partial charge in [-0.05, 0) is 86.5 Å². The van der Waals surface area contributed by atoms with Gasteiger partial charge in [0.1, 0.15) is 5.52 Å². The molecule has 1 aliphatic carbocycles. The van der Waals surface area contributed by atoms with Crippen molar-refractivity contribution in [1.82, 2.24) is 19.6 Å². The third-order valence-electron chi connectivity index (χ3n) is 11.0. The highest BCUT2D eigenvalue weighted by Gasteiger charge is 2.47. The Kier molecular flexibility index (Phi) is 7.01. The summed E-state index contributed by atoms with van der Waals surface area (Å²) in [7, 11) is 0. The van der Waals surface area contributed by atoms with Crippen LogP contribution in [0.25, 0.3) is 73.0 Å². The first-order chi connectivity index (χ1) is 27.2. The Morgan fingerprint density at radius 1 is 0.455 bits per heavy atom. The lowest BCUT2D eigenvalue weighted by Crippen LogP contribution is -2.28. The topological polar surface area (TPSA) is 56.2 Å². The molecule has 0 N–H and O–H groups in total. The summed E-state index contributed by atoms with van der Waals surface area (Å²) in [5, 5.41) is 4.88. The summed E-state index contributed by atoms with van der Waals surface area (Å²) in [6, 6.07) is 66.2. The number of nitrogens with zero attached hydrogens (tertiary/aromatic N) is 4. The molecule has 0 bridgehead atoms. The van der Waals surface area contributed by atoms with Crippen molar-refractivity contribution in [1.29, 1.82) is 0 Å². The fourth-order valence-corrected chi connectivity index (χ4v) is 8.52. The van der Waals surface area contributed by atoms with Gasteiger partial charge in [0.15, 0.2) is 17.1 Å². The maximum atomic E-state index is 6.29. The average molecular weight is 705 g/mol. The van der Waals surface area contributed by atoms with Gasteiger partial charge in [0.25, 0.3) is 0 Å². The molecule has 55 heavy (non-hydrogen) atoms. The molecule has 1 atom stereocenters. The third-order valence-corrected chi connectivity index (χ3v) is 11.0. The standard InChI is InChI=1S/C50H32N4O/c1-4-13-33(14-5-1)37-27-30-46-52-48(53-54(46)32-37)35-25-23-34(24-26-35)40-20-12-22-43-47(40)41-19-10-11-21-42(41)50(43,38-17-8-3-9-18-38)39-28-29-45-44(31-39)51-49(55-45)36-15-6-2-7-16-36/h1-32H. The average Bonchev–Trinajstić information content (AvgIpc) is 3.97. The number of hydrogen-bond acceptors (Lipinski definition) is 4. The predicted molar refractivity (Wildman–Crippen MR) is 220 cm³/mol. The molecule has 0 saturated heterocycles. The van der Waals surface area contributed by atoms with Crippen molar-refractivity contribution in [2.75, 3.05) is 0 Å². The fourth-order valence-electron chi connectivity index (χ4n) is 8.52. The van der Waals surface area contributed by atoms with Gasteiger partial charge in [-0.3, -0.25) is 0 Å². The molecule has 10 aromatic rings. The molecule has 0 saturated carbocycles. The van der Waals surface area contributed by atoms with Crippen LogP contribution >= 0.6 is 0 Å². The van der Waals surface area contributed by atoms with Gasteiger partial charge < -0.3 is 4.42 Å². The van der Waals surface area contributed by atoms with E-state index in [0.717, 1.165) is 50.1 Å². The Hall–Kier alpha value is -7.37. The quantitative estimate of drug-likeness (QED) is 0.173. The molecule has 0 aliphatic heterocycles. The van der Waals surface area contributed by atoms with E-state index in [0.29, 0.717) is 11.7 Å². The van der Waals surface area contributed by atoms with E-state index in [4.69, 9.17) is 19.5 Å². The van der Waals surface area contributed by atoms with Crippen LogP contribution in [0.1, 0.15) is 22.3 Å². The molecule has 5 nitrogen and oxygen atoms in total. The summed E-state index contributed by atoms with van der Waals surface area (Å²) in [6.07, 6.45) is 2.04. The van der Waals surface area contributed by atoms with Crippen molar-refractivity contribution in [3.05, 3.63) is 217 Å². The summed E-state index contributed by atoms with van der Waals surface area (Å²) in [6.45, 7) is 0. The second kappa shape index (κ2) is 12.4. The van der Waals surface area contributed by atoms with Crippen molar-refractivity contribution in [2.45, 2.75) is 5.41 Å². The van der Waals surface area contributed by atoms with Gasteiger partial charge in [-0.2, -0.15) is 0 Å². The fraction of sp³-hybridized carbons (Fsp3) is 0.0200. The second-order valence-corrected chi connectivity index (χ2v) is 14.1. The Bertz CT molecular complexity index is 3020. The van der Waals surface area contributed by atoms with Crippen molar-refractivity contribution in [2.24, 2.45) is 0 Å². The number of fused-ring (bicyclic) bond motifs is 5. The zero-order chi connectivity index (χ0) is 36.3. The number of aromatic nitrogens is 4. The summed E-state index contributed by atoms with van der Waals surface area (Å²) >= 11 is 0. The molecular formula is C50H32N4O. The van der Waals surface area contributed by atoms with Gasteiger partial charge in [0, 0.05) is 22.9 Å². The first-order valence-electron chi connectivity index (χ1n) is 18.5. The van der Waals surface area contributed by atoms with Crippen molar-refractivity contribution in [3.63, 3.8) is 0 Å². The minimum atomic E-state index is -0.581. The first kappa shape index (κ1) is 31.2. The lowest BCUT2D eigenvalue weighted by molar-refractivity contribution is 0.619. The van der Waals surface area contributed by atoms with E-state index in [9.17, 15) is 0 Å². The zero-order valence-electron chi connectivity index (χ0n) is 29.7. The minimum Gasteiger partial charge on any atom is -0.436 e. The van der Waals surface area contributed by atoms with Crippen LogP contribution in [0.4, 0.5) is 0 Å². The van der Waals surface area contributed by atoms with E-state index in [2.05, 4.69) is 146 Å². The van der Waals surface area contributed by atoms with E-state index in [1.807, 2.05) is 53.2 Å². The van der Waals surface area contributed by atoms with Crippen molar-refractivity contribution >= 4 is 16.7 Å². The molecule has 0 amide bonds. The Labute approximate surface area is 317 Å². The highest BCUT2D eigenvalue weighted by Crippen LogP contribution is 2.58. The lowest BCUT2D eigenvalue weighted by atomic mass is 9.67. The molecule has 0 radical (unpaired) electrons. The summed E-state index contributed by atoms with van der Waals surface area (Å²) in [4.78, 5) is 9.88. The molecule has 3 heterocycles. The smallest absolute Gasteiger partial charge is 0.227 e. The van der Waals surface area contributed by atoms with Crippen LogP contribution in [-0.4, -0.2) is 19.6 Å². The zero-order valence-corrected chi connectivity index (χ0v) is 29.7. The molecule has 11 rings (SSSR count). The van der Waals surface area contributed by atoms with E-state index >= 15 is 0 Å². The summed E-state index contributed by atoms with van der Waals surface area (Å²) in [5.74, 6) is 1.32. The van der Waals surface area contributed by atoms with Crippen LogP contribution in [0.2, 0.25) is 0 Å². The van der Waals surface area contributed by atoms with Gasteiger partial charge in [0.2, 0.25) is 5.89 Å². The van der Waals surface area contributed by atoms with Gasteiger partial charge in [-0.1, -0.05) is 152 Å². The molecule has 7 aromatic carbocycles. The molecule has 0 spiro atoms. The van der Waals surface area contributed by atoms with Crippen LogP contribution in [0.15, 0.2) is 199 Å². The van der Waals surface area contributed by atoms with Gasteiger partial charge in [-0.25, -0.2) is 14.5 Å². The number of hydrogen-bond donors (Lipinski definition) is 0. The molecule has 0 fully saturated rings. The molecule has 1 aliphatic rings. The molecular weight excluding hydrogens is 673 g/mol. The molecule has 3 aromatic heterocycles. The highest BCUT2D eigenvalue weighted by molar-refractivity contribution is 5.96. The molecule has 258 valence electrons. The van der Waals surface area contributed by atoms with Crippen molar-refractivity contribution < 1.29 is 4.42 Å². The maximum absolute atomic E-state index is 6.29. The van der Waals surface area contributed by atoms with E-state index in [1.54, 1.807) is 0 Å². The van der Waals surface area contributed by atoms with Gasteiger partial charge in [-0.15, -0.1) is 5.10 Å². The van der Waals surface area contributed by atoms with E-state index < -0.39 is 5.41 Å². The van der Waals surface area contributed by atoms with Crippen molar-refractivity contribution in [3.8, 4) is 56.2 Å². The maximum Gasteiger partial charge on any atom is 0.227 e. The van der Waals surface area contributed by atoms with Gasteiger partial charge in [0.05, 0.1) is 5.41 Å². The second-order valence-electron chi connectivity index (χ2n) is 14.1. The number of rotatable bonds is 6. The highest BCUT2D eigenvalue weighted by atomic mass is 16.3. The van der Waals surface area contributed by atoms with E-state index in [-0.39, 0.29) is 0 Å². The largest absolute Gasteiger partial charge is 0.436 e. The lowest BCUT2D eigenvalue weighted by Gasteiger charge is -2.34. The van der Waals surface area contributed by atoms with Crippen LogP contribution < -0.4 is 0 Å². The summed E-state index contributed by atoms with van der Waals surface area (Å²) in [5.41, 5.74) is 15.6. The monoisotopic (exact) mass is 704 g/mol. The summed E-state index contributed by atoms with van der Waals surface area (Å²) < 4.78 is 8.16. The van der Waals surface area contributed by atoms with Gasteiger partial charge >= 0.3 is 0 Å². The Morgan fingerprint density at radius 3 is 1.91 bits per heavy atom. The van der Waals surface area contributed by atoms with Crippen LogP contribution in [0.3, 0.4) is 0 Å². The number of benzene rings is 7. The first-order valence-corrected chi connectivity index (χ1v) is 18.5. The minimum absolute atomic E-state index is 0.581. The third kappa shape index (κ3) is 4.90. The van der Waals surface area contributed by atoms with Crippen LogP contribution in [-0.2, 0) is 5.41 Å². The van der Waals surface area contributed by atoms with Crippen LogP contribution in [0, 0.1) is 0 Å². The Morgan fingerprint density at radius 2 is 1.11 bits per heavy atom. The normalized spacial score (nSPS) is 14.6. The predicted octanol–water partition coefficient (Wildman–Crippen LogP) is 11.9. The van der Waals surface area contributed by atoms with Crippen LogP contribution in [0.5, 0.6) is 0 Å². The number of pyridine rings is 1.